The molecular weight excluding hydrogens is 478 g/mol. The second kappa shape index (κ2) is 14.1. The number of hydrogen-bond acceptors (Lipinski definition) is 7. The summed E-state index contributed by atoms with van der Waals surface area (Å²) in [6.45, 7) is 2.74. The Morgan fingerprint density at radius 2 is 1.64 bits per heavy atom. The molecule has 0 radical (unpaired) electrons. The minimum absolute atomic E-state index is 0. The molecule has 0 saturated carbocycles. The van der Waals surface area contributed by atoms with Crippen molar-refractivity contribution in [2.24, 2.45) is 4.36 Å². The summed E-state index contributed by atoms with van der Waals surface area (Å²) in [5, 5.41) is 26.3. The Morgan fingerprint density at radius 3 is 2.31 bits per heavy atom. The number of aliphatic hydroxyl groups is 1. The Bertz CT molecular complexity index is 1250. The van der Waals surface area contributed by atoms with Gasteiger partial charge in [-0.25, -0.2) is 0 Å². The van der Waals surface area contributed by atoms with Gasteiger partial charge in [0, 0.05) is 19.1 Å². The van der Waals surface area contributed by atoms with Crippen LogP contribution < -0.4 is 10.6 Å². The number of nitrogens with one attached hydrogen (secondary N) is 2. The van der Waals surface area contributed by atoms with Crippen LogP contribution >= 0.6 is 0 Å². The average molecular weight is 512 g/mol. The highest BCUT2D eigenvalue weighted by Crippen LogP contribution is 2.29. The zero-order valence-electron chi connectivity index (χ0n) is 19.4. The normalized spacial score (nSPS) is 12.2. The summed E-state index contributed by atoms with van der Waals surface area (Å²) in [6.07, 6.45) is 0.135. The van der Waals surface area contributed by atoms with Crippen molar-refractivity contribution in [3.8, 4) is 5.75 Å². The highest BCUT2D eigenvalue weighted by molar-refractivity contribution is 7.61. The lowest BCUT2D eigenvalue weighted by Gasteiger charge is -2.18. The highest BCUT2D eigenvalue weighted by Gasteiger charge is 2.13. The standard InChI is InChI=1S/C26H29N3O5S.CH4/c1-18(27-17-25(31)22-11-12-24(30)23(15-22)29-35(33)34)13-19-7-9-20(10-8-19)14-26(32)28-16-21-5-3-2-4-6-21;/h2-12,15,18,25,27,30-31H,13-14,16-17H2,1H3,(H,28,32);1H4/t18-,25+;/m1./s1. The third-order valence-corrected chi connectivity index (χ3v) is 5.82. The van der Waals surface area contributed by atoms with Gasteiger partial charge < -0.3 is 20.8 Å². The number of rotatable bonds is 11. The monoisotopic (exact) mass is 511 g/mol. The molecule has 3 rings (SSSR count). The van der Waals surface area contributed by atoms with Crippen molar-refractivity contribution in [1.29, 1.82) is 0 Å². The lowest BCUT2D eigenvalue weighted by molar-refractivity contribution is -0.120. The van der Waals surface area contributed by atoms with Crippen molar-refractivity contribution in [3.63, 3.8) is 0 Å². The molecule has 0 unspecified atom stereocenters. The number of nitrogens with zero attached hydrogens (tertiary/aromatic N) is 1. The fraction of sp³-hybridized carbons (Fsp3) is 0.296. The van der Waals surface area contributed by atoms with Crippen molar-refractivity contribution in [2.45, 2.75) is 45.9 Å². The van der Waals surface area contributed by atoms with E-state index in [2.05, 4.69) is 15.0 Å². The third kappa shape index (κ3) is 9.26. The maximum Gasteiger partial charge on any atom is 0.316 e. The van der Waals surface area contributed by atoms with E-state index in [-0.39, 0.29) is 37.4 Å². The summed E-state index contributed by atoms with van der Waals surface area (Å²) in [5.74, 6) is -0.305. The zero-order valence-corrected chi connectivity index (χ0v) is 20.2. The van der Waals surface area contributed by atoms with Gasteiger partial charge in [-0.3, -0.25) is 4.79 Å². The van der Waals surface area contributed by atoms with E-state index in [9.17, 15) is 23.4 Å². The molecule has 8 nitrogen and oxygen atoms in total. The van der Waals surface area contributed by atoms with Gasteiger partial charge in [0.05, 0.1) is 12.5 Å². The Labute approximate surface area is 213 Å². The maximum atomic E-state index is 12.2. The first-order chi connectivity index (χ1) is 16.8. The van der Waals surface area contributed by atoms with Crippen molar-refractivity contribution >= 4 is 22.1 Å². The first-order valence-corrected chi connectivity index (χ1v) is 12.3. The molecule has 0 aliphatic heterocycles. The number of aliphatic hydroxyl groups excluding tert-OH is 1. The van der Waals surface area contributed by atoms with Crippen LogP contribution in [0.4, 0.5) is 5.69 Å². The van der Waals surface area contributed by atoms with E-state index in [0.29, 0.717) is 18.5 Å². The Morgan fingerprint density at radius 1 is 0.972 bits per heavy atom. The molecule has 0 saturated heterocycles. The molecule has 3 aromatic rings. The quantitative estimate of drug-likeness (QED) is 0.310. The fourth-order valence-corrected chi connectivity index (χ4v) is 3.90. The average Bonchev–Trinajstić information content (AvgIpc) is 2.84. The van der Waals surface area contributed by atoms with E-state index in [1.165, 1.54) is 18.2 Å². The van der Waals surface area contributed by atoms with Crippen LogP contribution in [0, 0.1) is 0 Å². The topological polar surface area (TPSA) is 128 Å². The van der Waals surface area contributed by atoms with Gasteiger partial charge in [0.25, 0.3) is 0 Å². The molecule has 1 amide bonds. The smallest absolute Gasteiger partial charge is 0.316 e. The number of aromatic hydroxyl groups is 1. The number of carbonyl (C=O) groups excluding carboxylic acids is 1. The van der Waals surface area contributed by atoms with Crippen molar-refractivity contribution in [2.75, 3.05) is 6.54 Å². The second-order valence-corrected chi connectivity index (χ2v) is 8.96. The molecular formula is C27H33N3O5S. The van der Waals surface area contributed by atoms with Crippen LogP contribution in [0.3, 0.4) is 0 Å². The number of benzene rings is 3. The molecule has 2 atom stereocenters. The summed E-state index contributed by atoms with van der Waals surface area (Å²) in [7, 11) is -2.70. The summed E-state index contributed by atoms with van der Waals surface area (Å²) >= 11 is 0. The van der Waals surface area contributed by atoms with Gasteiger partial charge in [-0.05, 0) is 47.7 Å². The molecule has 0 aliphatic carbocycles. The van der Waals surface area contributed by atoms with Crippen LogP contribution in [-0.2, 0) is 34.7 Å². The minimum atomic E-state index is -2.70. The number of amides is 1. The first kappa shape index (κ1) is 28.7. The number of phenolic OH excluding ortho intramolecular Hbond substituents is 1. The first-order valence-electron chi connectivity index (χ1n) is 11.2. The lowest BCUT2D eigenvalue weighted by atomic mass is 10.0. The Balaban J connectivity index is 0.00000456. The van der Waals surface area contributed by atoms with E-state index < -0.39 is 16.6 Å². The van der Waals surface area contributed by atoms with Crippen LogP contribution in [0.15, 0.2) is 77.2 Å². The Kier molecular flexibility index (Phi) is 11.3. The van der Waals surface area contributed by atoms with E-state index in [1.54, 1.807) is 0 Å². The molecule has 0 spiro atoms. The van der Waals surface area contributed by atoms with Crippen LogP contribution in [0.25, 0.3) is 0 Å². The number of phenols is 1. The summed E-state index contributed by atoms with van der Waals surface area (Å²) in [5.41, 5.74) is 3.42. The third-order valence-electron chi connectivity index (χ3n) is 5.48. The van der Waals surface area contributed by atoms with Gasteiger partial charge in [-0.15, -0.1) is 4.36 Å². The van der Waals surface area contributed by atoms with Crippen molar-refractivity contribution < 1.29 is 23.4 Å². The van der Waals surface area contributed by atoms with Gasteiger partial charge >= 0.3 is 10.5 Å². The molecule has 192 valence electrons. The van der Waals surface area contributed by atoms with Crippen molar-refractivity contribution in [3.05, 3.63) is 95.1 Å². The fourth-order valence-electron chi connectivity index (χ4n) is 3.60. The van der Waals surface area contributed by atoms with Crippen molar-refractivity contribution in [1.82, 2.24) is 10.6 Å². The minimum Gasteiger partial charge on any atom is -0.506 e. The molecule has 36 heavy (non-hydrogen) atoms. The van der Waals surface area contributed by atoms with E-state index in [0.717, 1.165) is 23.1 Å². The summed E-state index contributed by atoms with van der Waals surface area (Å²) < 4.78 is 24.9. The van der Waals surface area contributed by atoms with E-state index in [4.69, 9.17) is 0 Å². The van der Waals surface area contributed by atoms with Gasteiger partial charge in [-0.2, -0.15) is 8.42 Å². The predicted octanol–water partition coefficient (Wildman–Crippen LogP) is 3.84. The van der Waals surface area contributed by atoms with Crippen LogP contribution in [0.5, 0.6) is 5.75 Å². The predicted molar refractivity (Wildman–Crippen MR) is 140 cm³/mol. The molecule has 3 aromatic carbocycles. The molecule has 9 heteroatoms. The number of carbonyl (C=O) groups is 1. The molecule has 0 heterocycles. The lowest BCUT2D eigenvalue weighted by Crippen LogP contribution is -2.32. The summed E-state index contributed by atoms with van der Waals surface area (Å²) in [4.78, 5) is 12.2. The van der Waals surface area contributed by atoms with Crippen LogP contribution in [0.1, 0.15) is 42.7 Å². The SMILES string of the molecule is C.C[C@H](Cc1ccc(CC(=O)NCc2ccccc2)cc1)NC[C@H](O)c1ccc(O)c(N=S(=O)=O)c1. The van der Waals surface area contributed by atoms with Gasteiger partial charge in [0.15, 0.2) is 0 Å². The van der Waals surface area contributed by atoms with Gasteiger partial charge in [-0.1, -0.05) is 68.1 Å². The van der Waals surface area contributed by atoms with E-state index in [1.807, 2.05) is 61.5 Å². The molecule has 0 fully saturated rings. The van der Waals surface area contributed by atoms with Gasteiger partial charge in [0.1, 0.15) is 11.4 Å². The molecule has 0 bridgehead atoms. The van der Waals surface area contributed by atoms with Crippen LogP contribution in [0.2, 0.25) is 0 Å². The maximum absolute atomic E-state index is 12.2. The second-order valence-electron chi connectivity index (χ2n) is 8.34. The largest absolute Gasteiger partial charge is 0.506 e. The molecule has 0 aliphatic rings. The zero-order chi connectivity index (χ0) is 25.2. The molecule has 0 aromatic heterocycles. The van der Waals surface area contributed by atoms with E-state index >= 15 is 0 Å². The molecule has 4 N–H and O–H groups in total. The van der Waals surface area contributed by atoms with Gasteiger partial charge in [0.2, 0.25) is 5.91 Å². The number of hydrogen-bond donors (Lipinski definition) is 4. The Hall–Kier alpha value is -3.53. The highest BCUT2D eigenvalue weighted by atomic mass is 32.2. The summed E-state index contributed by atoms with van der Waals surface area (Å²) in [6, 6.07) is 21.9. The van der Waals surface area contributed by atoms with Crippen LogP contribution in [-0.4, -0.2) is 37.1 Å².